The predicted molar refractivity (Wildman–Crippen MR) is 96.3 cm³/mol. The summed E-state index contributed by atoms with van der Waals surface area (Å²) in [6.07, 6.45) is 3.06. The maximum Gasteiger partial charge on any atom is 0.254 e. The molecule has 1 aliphatic heterocycles. The Labute approximate surface area is 149 Å². The fourth-order valence-electron chi connectivity index (χ4n) is 3.07. The normalized spacial score (nSPS) is 17.7. The second kappa shape index (κ2) is 9.14. The quantitative estimate of drug-likeness (QED) is 0.816. The zero-order chi connectivity index (χ0) is 17.5. The standard InChI is InChI=1S/C18H27ClN2O3/c1-4-8-24-17-15(19)9-14(10-16(17)23-3)18(22)21-7-5-6-13(12-21)11-20-2/h9-10,13,20H,4-8,11-12H2,1-3H3. The van der Waals surface area contributed by atoms with Crippen LogP contribution in [-0.2, 0) is 0 Å². The Hall–Kier alpha value is -1.46. The number of amides is 1. The Balaban J connectivity index is 2.18. The van der Waals surface area contributed by atoms with Crippen molar-refractivity contribution in [2.75, 3.05) is 40.4 Å². The number of ether oxygens (including phenoxy) is 2. The molecule has 1 aliphatic rings. The molecule has 134 valence electrons. The van der Waals surface area contributed by atoms with Crippen LogP contribution >= 0.6 is 11.6 Å². The lowest BCUT2D eigenvalue weighted by molar-refractivity contribution is 0.0674. The number of halogens is 1. The Bertz CT molecular complexity index is 563. The second-order valence-electron chi connectivity index (χ2n) is 6.16. The minimum atomic E-state index is -0.00181. The molecule has 1 aromatic carbocycles. The van der Waals surface area contributed by atoms with Crippen LogP contribution in [0.15, 0.2) is 12.1 Å². The smallest absolute Gasteiger partial charge is 0.254 e. The number of rotatable bonds is 7. The molecule has 2 rings (SSSR count). The van der Waals surface area contributed by atoms with E-state index in [9.17, 15) is 4.79 Å². The summed E-state index contributed by atoms with van der Waals surface area (Å²) in [5.74, 6) is 1.50. The number of methoxy groups -OCH3 is 1. The summed E-state index contributed by atoms with van der Waals surface area (Å²) < 4.78 is 11.0. The third-order valence-corrected chi connectivity index (χ3v) is 4.51. The molecule has 0 saturated carbocycles. The summed E-state index contributed by atoms with van der Waals surface area (Å²) in [5, 5.41) is 3.61. The molecule has 1 fully saturated rings. The first kappa shape index (κ1) is 18.9. The van der Waals surface area contributed by atoms with Crippen LogP contribution in [-0.4, -0.2) is 51.2 Å². The first-order valence-electron chi connectivity index (χ1n) is 8.54. The highest BCUT2D eigenvalue weighted by molar-refractivity contribution is 6.32. The van der Waals surface area contributed by atoms with Crippen LogP contribution in [0.1, 0.15) is 36.5 Å². The Morgan fingerprint density at radius 3 is 2.92 bits per heavy atom. The van der Waals surface area contributed by atoms with Gasteiger partial charge in [-0.2, -0.15) is 0 Å². The van der Waals surface area contributed by atoms with Crippen molar-refractivity contribution in [3.63, 3.8) is 0 Å². The fourth-order valence-corrected chi connectivity index (χ4v) is 3.34. The minimum Gasteiger partial charge on any atom is -0.493 e. The Kier molecular flexibility index (Phi) is 7.18. The molecule has 1 N–H and O–H groups in total. The molecule has 5 nitrogen and oxygen atoms in total. The highest BCUT2D eigenvalue weighted by atomic mass is 35.5. The van der Waals surface area contributed by atoms with Crippen LogP contribution in [0.25, 0.3) is 0 Å². The van der Waals surface area contributed by atoms with Crippen LogP contribution in [0, 0.1) is 5.92 Å². The van der Waals surface area contributed by atoms with E-state index in [4.69, 9.17) is 21.1 Å². The fraction of sp³-hybridized carbons (Fsp3) is 0.611. The first-order chi connectivity index (χ1) is 11.6. The van der Waals surface area contributed by atoms with Crippen LogP contribution in [0.2, 0.25) is 5.02 Å². The van der Waals surface area contributed by atoms with Gasteiger partial charge in [-0.3, -0.25) is 4.79 Å². The molecule has 24 heavy (non-hydrogen) atoms. The number of piperidine rings is 1. The van der Waals surface area contributed by atoms with Gasteiger partial charge in [-0.25, -0.2) is 0 Å². The molecule has 1 atom stereocenters. The molecule has 0 radical (unpaired) electrons. The van der Waals surface area contributed by atoms with E-state index in [0.717, 1.165) is 38.9 Å². The van der Waals surface area contributed by atoms with E-state index in [1.54, 1.807) is 19.2 Å². The molecule has 0 aliphatic carbocycles. The van der Waals surface area contributed by atoms with Crippen molar-refractivity contribution in [2.24, 2.45) is 5.92 Å². The molecular formula is C18H27ClN2O3. The number of carbonyl (C=O) groups excluding carboxylic acids is 1. The van der Waals surface area contributed by atoms with Gasteiger partial charge in [0, 0.05) is 18.7 Å². The molecule has 1 aromatic rings. The van der Waals surface area contributed by atoms with Crippen molar-refractivity contribution in [1.82, 2.24) is 10.2 Å². The summed E-state index contributed by atoms with van der Waals surface area (Å²) in [6, 6.07) is 3.40. The molecule has 1 unspecified atom stereocenters. The topological polar surface area (TPSA) is 50.8 Å². The minimum absolute atomic E-state index is 0.00181. The van der Waals surface area contributed by atoms with E-state index in [2.05, 4.69) is 5.32 Å². The predicted octanol–water partition coefficient (Wildman–Crippen LogP) is 3.21. The largest absolute Gasteiger partial charge is 0.493 e. The molecule has 1 saturated heterocycles. The van der Waals surface area contributed by atoms with E-state index in [1.165, 1.54) is 0 Å². The molecular weight excluding hydrogens is 328 g/mol. The summed E-state index contributed by atoms with van der Waals surface area (Å²) in [6.45, 7) is 5.07. The first-order valence-corrected chi connectivity index (χ1v) is 8.92. The zero-order valence-corrected chi connectivity index (χ0v) is 15.5. The molecule has 0 bridgehead atoms. The van der Waals surface area contributed by atoms with E-state index in [0.29, 0.717) is 34.6 Å². The highest BCUT2D eigenvalue weighted by Crippen LogP contribution is 2.37. The van der Waals surface area contributed by atoms with Crippen molar-refractivity contribution in [3.05, 3.63) is 22.7 Å². The van der Waals surface area contributed by atoms with Gasteiger partial charge in [0.1, 0.15) is 0 Å². The maximum atomic E-state index is 12.8. The SMILES string of the molecule is CCCOc1c(Cl)cc(C(=O)N2CCCC(CNC)C2)cc1OC. The van der Waals surface area contributed by atoms with E-state index in [1.807, 2.05) is 18.9 Å². The lowest BCUT2D eigenvalue weighted by Crippen LogP contribution is -2.42. The average Bonchev–Trinajstić information content (AvgIpc) is 2.60. The molecule has 6 heteroatoms. The van der Waals surface area contributed by atoms with Gasteiger partial charge in [0.2, 0.25) is 0 Å². The van der Waals surface area contributed by atoms with Crippen molar-refractivity contribution in [3.8, 4) is 11.5 Å². The van der Waals surface area contributed by atoms with Gasteiger partial charge in [-0.05, 0) is 50.9 Å². The summed E-state index contributed by atoms with van der Waals surface area (Å²) >= 11 is 6.32. The van der Waals surface area contributed by atoms with Crippen LogP contribution in [0.5, 0.6) is 11.5 Å². The summed E-state index contributed by atoms with van der Waals surface area (Å²) in [4.78, 5) is 14.8. The lowest BCUT2D eigenvalue weighted by atomic mass is 9.97. The summed E-state index contributed by atoms with van der Waals surface area (Å²) in [5.41, 5.74) is 0.547. The van der Waals surface area contributed by atoms with Crippen molar-refractivity contribution >= 4 is 17.5 Å². The number of nitrogens with one attached hydrogen (secondary N) is 1. The molecule has 1 amide bonds. The van der Waals surface area contributed by atoms with Gasteiger partial charge in [0.15, 0.2) is 11.5 Å². The zero-order valence-electron chi connectivity index (χ0n) is 14.7. The maximum absolute atomic E-state index is 12.8. The monoisotopic (exact) mass is 354 g/mol. The third kappa shape index (κ3) is 4.54. The van der Waals surface area contributed by atoms with Crippen molar-refractivity contribution in [1.29, 1.82) is 0 Å². The molecule has 1 heterocycles. The number of benzene rings is 1. The number of carbonyl (C=O) groups is 1. The Morgan fingerprint density at radius 2 is 2.25 bits per heavy atom. The average molecular weight is 355 g/mol. The van der Waals surface area contributed by atoms with Crippen molar-refractivity contribution < 1.29 is 14.3 Å². The Morgan fingerprint density at radius 1 is 1.46 bits per heavy atom. The van der Waals surface area contributed by atoms with Gasteiger partial charge in [-0.1, -0.05) is 18.5 Å². The van der Waals surface area contributed by atoms with E-state index < -0.39 is 0 Å². The summed E-state index contributed by atoms with van der Waals surface area (Å²) in [7, 11) is 3.50. The second-order valence-corrected chi connectivity index (χ2v) is 6.56. The number of likely N-dealkylation sites (tertiary alicyclic amines) is 1. The number of hydrogen-bond donors (Lipinski definition) is 1. The van der Waals surface area contributed by atoms with Gasteiger partial charge in [0.05, 0.1) is 18.7 Å². The third-order valence-electron chi connectivity index (χ3n) is 4.23. The van der Waals surface area contributed by atoms with Gasteiger partial charge >= 0.3 is 0 Å². The number of nitrogens with zero attached hydrogens (tertiary/aromatic N) is 1. The van der Waals surface area contributed by atoms with Gasteiger partial charge in [-0.15, -0.1) is 0 Å². The van der Waals surface area contributed by atoms with E-state index in [-0.39, 0.29) is 5.91 Å². The van der Waals surface area contributed by atoms with Gasteiger partial charge in [0.25, 0.3) is 5.91 Å². The number of hydrogen-bond acceptors (Lipinski definition) is 4. The lowest BCUT2D eigenvalue weighted by Gasteiger charge is -2.33. The van der Waals surface area contributed by atoms with Crippen molar-refractivity contribution in [2.45, 2.75) is 26.2 Å². The van der Waals surface area contributed by atoms with Gasteiger partial charge < -0.3 is 19.7 Å². The molecule has 0 spiro atoms. The van der Waals surface area contributed by atoms with Crippen LogP contribution < -0.4 is 14.8 Å². The van der Waals surface area contributed by atoms with Crippen LogP contribution in [0.4, 0.5) is 0 Å². The highest BCUT2D eigenvalue weighted by Gasteiger charge is 2.25. The van der Waals surface area contributed by atoms with Crippen LogP contribution in [0.3, 0.4) is 0 Å². The molecule has 0 aromatic heterocycles. The van der Waals surface area contributed by atoms with E-state index >= 15 is 0 Å².